The number of methoxy groups -OCH3 is 1. The number of nitrogen functional groups attached to an aromatic ring is 1. The van der Waals surface area contributed by atoms with Gasteiger partial charge in [-0.05, 0) is 38.1 Å². The molecule has 2 rings (SSSR count). The Morgan fingerprint density at radius 1 is 1.10 bits per heavy atom. The summed E-state index contributed by atoms with van der Waals surface area (Å²) in [7, 11) is 1.62. The maximum Gasteiger partial charge on any atom is 0.323 e. The number of nitrogens with zero attached hydrogens (tertiary/aromatic N) is 3. The summed E-state index contributed by atoms with van der Waals surface area (Å²) in [6, 6.07) is 7.56. The zero-order valence-corrected chi connectivity index (χ0v) is 11.6. The molecule has 2 aromatic rings. The van der Waals surface area contributed by atoms with Crippen LogP contribution in [0.3, 0.4) is 0 Å². The van der Waals surface area contributed by atoms with Crippen molar-refractivity contribution >= 4 is 17.6 Å². The van der Waals surface area contributed by atoms with Crippen LogP contribution in [0.15, 0.2) is 24.3 Å². The Bertz CT molecular complexity index is 571. The average Bonchev–Trinajstić information content (AvgIpc) is 2.38. The summed E-state index contributed by atoms with van der Waals surface area (Å²) in [6.07, 6.45) is -0.0364. The van der Waals surface area contributed by atoms with E-state index in [0.29, 0.717) is 5.95 Å². The predicted octanol–water partition coefficient (Wildman–Crippen LogP) is 1.99. The molecule has 0 fully saturated rings. The molecule has 0 bridgehead atoms. The normalized spacial score (nSPS) is 10.4. The second kappa shape index (κ2) is 6.05. The van der Waals surface area contributed by atoms with Gasteiger partial charge in [-0.1, -0.05) is 0 Å². The molecule has 0 saturated carbocycles. The molecule has 0 saturated heterocycles. The van der Waals surface area contributed by atoms with E-state index in [-0.39, 0.29) is 18.1 Å². The van der Waals surface area contributed by atoms with Crippen LogP contribution in [0.25, 0.3) is 0 Å². The molecule has 7 nitrogen and oxygen atoms in total. The predicted molar refractivity (Wildman–Crippen MR) is 76.3 cm³/mol. The number of anilines is 3. The lowest BCUT2D eigenvalue weighted by molar-refractivity contribution is 0.222. The molecule has 0 unspecified atom stereocenters. The highest BCUT2D eigenvalue weighted by Crippen LogP contribution is 2.19. The van der Waals surface area contributed by atoms with Gasteiger partial charge in [-0.25, -0.2) is 0 Å². The minimum absolute atomic E-state index is 0.0364. The van der Waals surface area contributed by atoms with Gasteiger partial charge in [0.05, 0.1) is 13.2 Å². The van der Waals surface area contributed by atoms with Gasteiger partial charge in [-0.15, -0.1) is 0 Å². The molecule has 1 heterocycles. The molecule has 106 valence electrons. The van der Waals surface area contributed by atoms with Crippen LogP contribution < -0.4 is 20.5 Å². The minimum Gasteiger partial charge on any atom is -0.497 e. The number of hydrogen-bond donors (Lipinski definition) is 2. The Labute approximate surface area is 117 Å². The van der Waals surface area contributed by atoms with Gasteiger partial charge in [0.25, 0.3) is 0 Å². The summed E-state index contributed by atoms with van der Waals surface area (Å²) in [5.41, 5.74) is 6.44. The summed E-state index contributed by atoms with van der Waals surface area (Å²) < 4.78 is 10.5. The molecule has 3 N–H and O–H groups in total. The summed E-state index contributed by atoms with van der Waals surface area (Å²) in [5, 5.41) is 3.03. The minimum atomic E-state index is -0.0364. The molecular formula is C13H17N5O2. The highest BCUT2D eigenvalue weighted by Gasteiger charge is 2.07. The standard InChI is InChI=1S/C13H17N5O2/c1-8(2)20-13-17-11(14)16-12(18-13)15-9-4-6-10(19-3)7-5-9/h4-8H,1-3H3,(H3,14,15,16,17,18). The maximum absolute atomic E-state index is 5.63. The molecule has 20 heavy (non-hydrogen) atoms. The van der Waals surface area contributed by atoms with Crippen LogP contribution in [0.2, 0.25) is 0 Å². The first-order chi connectivity index (χ1) is 9.56. The van der Waals surface area contributed by atoms with E-state index >= 15 is 0 Å². The van der Waals surface area contributed by atoms with Crippen LogP contribution in [-0.4, -0.2) is 28.2 Å². The Balaban J connectivity index is 2.17. The molecule has 1 aromatic heterocycles. The van der Waals surface area contributed by atoms with E-state index in [4.69, 9.17) is 15.2 Å². The summed E-state index contributed by atoms with van der Waals surface area (Å²) >= 11 is 0. The summed E-state index contributed by atoms with van der Waals surface area (Å²) in [6.45, 7) is 3.77. The molecular weight excluding hydrogens is 258 g/mol. The van der Waals surface area contributed by atoms with Crippen LogP contribution in [0.4, 0.5) is 17.6 Å². The van der Waals surface area contributed by atoms with E-state index in [1.165, 1.54) is 0 Å². The maximum atomic E-state index is 5.63. The number of nitrogens with two attached hydrogens (primary N) is 1. The van der Waals surface area contributed by atoms with Gasteiger partial charge < -0.3 is 20.5 Å². The molecule has 7 heteroatoms. The molecule has 0 amide bonds. The van der Waals surface area contributed by atoms with Crippen molar-refractivity contribution in [3.05, 3.63) is 24.3 Å². The topological polar surface area (TPSA) is 95.2 Å². The van der Waals surface area contributed by atoms with Gasteiger partial charge in [-0.3, -0.25) is 0 Å². The third kappa shape index (κ3) is 3.71. The molecule has 0 spiro atoms. The van der Waals surface area contributed by atoms with Gasteiger partial charge in [0.15, 0.2) is 0 Å². The van der Waals surface area contributed by atoms with Crippen LogP contribution >= 0.6 is 0 Å². The van der Waals surface area contributed by atoms with Crippen molar-refractivity contribution in [2.75, 3.05) is 18.2 Å². The number of rotatable bonds is 5. The lowest BCUT2D eigenvalue weighted by atomic mass is 10.3. The molecule has 0 aliphatic heterocycles. The van der Waals surface area contributed by atoms with Crippen molar-refractivity contribution in [1.82, 2.24) is 15.0 Å². The van der Waals surface area contributed by atoms with Gasteiger partial charge in [-0.2, -0.15) is 15.0 Å². The third-order valence-corrected chi connectivity index (χ3v) is 2.32. The fraction of sp³-hybridized carbons (Fsp3) is 0.308. The summed E-state index contributed by atoms with van der Waals surface area (Å²) in [4.78, 5) is 12.1. The van der Waals surface area contributed by atoms with Crippen molar-refractivity contribution < 1.29 is 9.47 Å². The van der Waals surface area contributed by atoms with Crippen molar-refractivity contribution in [1.29, 1.82) is 0 Å². The second-order valence-electron chi connectivity index (χ2n) is 4.32. The average molecular weight is 275 g/mol. The molecule has 0 aliphatic rings. The first-order valence-electron chi connectivity index (χ1n) is 6.16. The molecule has 0 aliphatic carbocycles. The zero-order valence-electron chi connectivity index (χ0n) is 11.6. The van der Waals surface area contributed by atoms with Gasteiger partial charge in [0, 0.05) is 5.69 Å². The number of hydrogen-bond acceptors (Lipinski definition) is 7. The third-order valence-electron chi connectivity index (χ3n) is 2.32. The van der Waals surface area contributed by atoms with E-state index in [2.05, 4.69) is 20.3 Å². The lowest BCUT2D eigenvalue weighted by Gasteiger charge is -2.10. The van der Waals surface area contributed by atoms with E-state index in [1.807, 2.05) is 38.1 Å². The molecule has 0 radical (unpaired) electrons. The van der Waals surface area contributed by atoms with Crippen molar-refractivity contribution in [2.45, 2.75) is 20.0 Å². The molecule has 1 aromatic carbocycles. The van der Waals surface area contributed by atoms with E-state index in [1.54, 1.807) is 7.11 Å². The quantitative estimate of drug-likeness (QED) is 0.861. The largest absolute Gasteiger partial charge is 0.497 e. The summed E-state index contributed by atoms with van der Waals surface area (Å²) in [5.74, 6) is 1.21. The fourth-order valence-corrected chi connectivity index (χ4v) is 1.49. The highest BCUT2D eigenvalue weighted by molar-refractivity contribution is 5.55. The smallest absolute Gasteiger partial charge is 0.323 e. The van der Waals surface area contributed by atoms with Gasteiger partial charge in [0.2, 0.25) is 11.9 Å². The number of ether oxygens (including phenoxy) is 2. The Morgan fingerprint density at radius 3 is 2.40 bits per heavy atom. The van der Waals surface area contributed by atoms with Gasteiger partial charge >= 0.3 is 6.01 Å². The molecule has 0 atom stereocenters. The van der Waals surface area contributed by atoms with E-state index < -0.39 is 0 Å². The van der Waals surface area contributed by atoms with Crippen LogP contribution in [0.5, 0.6) is 11.8 Å². The highest BCUT2D eigenvalue weighted by atomic mass is 16.5. The lowest BCUT2D eigenvalue weighted by Crippen LogP contribution is -2.11. The van der Waals surface area contributed by atoms with E-state index in [9.17, 15) is 0 Å². The van der Waals surface area contributed by atoms with Crippen LogP contribution in [0.1, 0.15) is 13.8 Å². The number of aromatic nitrogens is 3. The van der Waals surface area contributed by atoms with Crippen LogP contribution in [-0.2, 0) is 0 Å². The monoisotopic (exact) mass is 275 g/mol. The Hall–Kier alpha value is -2.57. The van der Waals surface area contributed by atoms with Crippen LogP contribution in [0, 0.1) is 0 Å². The Morgan fingerprint density at radius 2 is 1.80 bits per heavy atom. The Kier molecular flexibility index (Phi) is 4.19. The SMILES string of the molecule is COc1ccc(Nc2nc(N)nc(OC(C)C)n2)cc1. The van der Waals surface area contributed by atoms with Gasteiger partial charge in [0.1, 0.15) is 5.75 Å². The van der Waals surface area contributed by atoms with Crippen molar-refractivity contribution in [3.63, 3.8) is 0 Å². The first kappa shape index (κ1) is 13.9. The van der Waals surface area contributed by atoms with Crippen molar-refractivity contribution in [3.8, 4) is 11.8 Å². The number of benzene rings is 1. The zero-order chi connectivity index (χ0) is 14.5. The number of nitrogens with one attached hydrogen (secondary N) is 1. The fourth-order valence-electron chi connectivity index (χ4n) is 1.49. The second-order valence-corrected chi connectivity index (χ2v) is 4.32. The first-order valence-corrected chi connectivity index (χ1v) is 6.16. The van der Waals surface area contributed by atoms with Crippen molar-refractivity contribution in [2.24, 2.45) is 0 Å². The van der Waals surface area contributed by atoms with E-state index in [0.717, 1.165) is 11.4 Å².